The minimum absolute atomic E-state index is 0.0681. The maximum Gasteiger partial charge on any atom is 0.306 e. The van der Waals surface area contributed by atoms with Gasteiger partial charge in [0, 0.05) is 19.3 Å². The van der Waals surface area contributed by atoms with Gasteiger partial charge in [0.2, 0.25) is 0 Å². The largest absolute Gasteiger partial charge is 0.462 e. The normalized spacial score (nSPS) is 12.1. The van der Waals surface area contributed by atoms with Crippen LogP contribution in [0.3, 0.4) is 0 Å². The van der Waals surface area contributed by atoms with Crippen LogP contribution in [-0.2, 0) is 28.6 Å². The fourth-order valence-electron chi connectivity index (χ4n) is 8.77. The van der Waals surface area contributed by atoms with Crippen molar-refractivity contribution in [2.24, 2.45) is 0 Å². The molecule has 0 fully saturated rings. The van der Waals surface area contributed by atoms with Crippen molar-refractivity contribution < 1.29 is 28.6 Å². The van der Waals surface area contributed by atoms with Crippen LogP contribution in [0.1, 0.15) is 323 Å². The Morgan fingerprint density at radius 2 is 0.545 bits per heavy atom. The Balaban J connectivity index is 4.32. The summed E-state index contributed by atoms with van der Waals surface area (Å²) in [6, 6.07) is 0. The molecule has 0 aromatic carbocycles. The Morgan fingerprint density at radius 1 is 0.303 bits per heavy atom. The Morgan fingerprint density at radius 3 is 0.848 bits per heavy atom. The number of allylic oxidation sites excluding steroid dienone is 4. The van der Waals surface area contributed by atoms with E-state index < -0.39 is 6.10 Å². The smallest absolute Gasteiger partial charge is 0.306 e. The van der Waals surface area contributed by atoms with Crippen molar-refractivity contribution in [2.45, 2.75) is 329 Å². The predicted molar refractivity (Wildman–Crippen MR) is 284 cm³/mol. The number of hydrogen-bond acceptors (Lipinski definition) is 6. The first-order chi connectivity index (χ1) is 32.5. The van der Waals surface area contributed by atoms with Crippen LogP contribution in [0, 0.1) is 0 Å². The molecule has 0 N–H and O–H groups in total. The number of unbranched alkanes of at least 4 members (excludes halogenated alkanes) is 39. The van der Waals surface area contributed by atoms with E-state index in [0.717, 1.165) is 70.6 Å². The van der Waals surface area contributed by atoms with Crippen molar-refractivity contribution in [3.63, 3.8) is 0 Å². The first-order valence-corrected chi connectivity index (χ1v) is 29.3. The lowest BCUT2D eigenvalue weighted by Crippen LogP contribution is -2.30. The summed E-state index contributed by atoms with van der Waals surface area (Å²) < 4.78 is 16.9. The molecular weight excluding hydrogens is 817 g/mol. The van der Waals surface area contributed by atoms with Gasteiger partial charge in [0.15, 0.2) is 6.10 Å². The summed E-state index contributed by atoms with van der Waals surface area (Å²) >= 11 is 0. The summed E-state index contributed by atoms with van der Waals surface area (Å²) in [5, 5.41) is 0. The molecule has 0 aromatic heterocycles. The lowest BCUT2D eigenvalue weighted by Gasteiger charge is -2.18. The molecular formula is C60H112O6. The molecule has 0 heterocycles. The van der Waals surface area contributed by atoms with Gasteiger partial charge in [-0.2, -0.15) is 0 Å². The van der Waals surface area contributed by atoms with E-state index in [9.17, 15) is 14.4 Å². The molecule has 0 aliphatic rings. The zero-order chi connectivity index (χ0) is 47.9. The molecule has 0 rings (SSSR count). The van der Waals surface area contributed by atoms with Crippen molar-refractivity contribution in [2.75, 3.05) is 13.2 Å². The number of carbonyl (C=O) groups excluding carboxylic acids is 3. The second-order valence-electron chi connectivity index (χ2n) is 19.9. The van der Waals surface area contributed by atoms with E-state index >= 15 is 0 Å². The number of ether oxygens (including phenoxy) is 3. The molecule has 0 radical (unpaired) electrons. The van der Waals surface area contributed by atoms with Crippen LogP contribution in [0.5, 0.6) is 0 Å². The fraction of sp³-hybridized carbons (Fsp3) is 0.883. The Hall–Kier alpha value is -2.11. The monoisotopic (exact) mass is 929 g/mol. The first-order valence-electron chi connectivity index (χ1n) is 29.3. The molecule has 0 aromatic rings. The van der Waals surface area contributed by atoms with Crippen molar-refractivity contribution in [1.82, 2.24) is 0 Å². The highest BCUT2D eigenvalue weighted by Gasteiger charge is 2.19. The minimum Gasteiger partial charge on any atom is -0.462 e. The van der Waals surface area contributed by atoms with Crippen molar-refractivity contribution in [3.8, 4) is 0 Å². The minimum atomic E-state index is -0.769. The van der Waals surface area contributed by atoms with Gasteiger partial charge in [-0.05, 0) is 51.4 Å². The summed E-state index contributed by atoms with van der Waals surface area (Å²) in [6.45, 7) is 6.67. The van der Waals surface area contributed by atoms with E-state index in [-0.39, 0.29) is 31.1 Å². The highest BCUT2D eigenvalue weighted by molar-refractivity contribution is 5.71. The van der Waals surface area contributed by atoms with Gasteiger partial charge in [-0.3, -0.25) is 14.4 Å². The standard InChI is InChI=1S/C60H112O6/c1-4-7-10-13-16-19-22-25-27-29-31-32-35-38-41-44-47-50-53-59(62)65-56-57(55-64-58(61)52-49-46-43-40-37-34-24-21-18-15-12-9-6-3)66-60(63)54-51-48-45-42-39-36-33-30-28-26-23-20-17-14-11-8-5-2/h19,22,27,29,57H,4-18,20-21,23-26,28,30-56H2,1-3H3/b22-19-,29-27-. The zero-order valence-electron chi connectivity index (χ0n) is 44.5. The molecule has 0 saturated heterocycles. The van der Waals surface area contributed by atoms with E-state index in [0.29, 0.717) is 19.3 Å². The molecule has 0 amide bonds. The Kier molecular flexibility index (Phi) is 53.7. The number of hydrogen-bond donors (Lipinski definition) is 0. The van der Waals surface area contributed by atoms with Crippen LogP contribution in [0.2, 0.25) is 0 Å². The van der Waals surface area contributed by atoms with Crippen LogP contribution in [0.4, 0.5) is 0 Å². The van der Waals surface area contributed by atoms with Gasteiger partial charge in [0.25, 0.3) is 0 Å². The third-order valence-corrected chi connectivity index (χ3v) is 13.2. The average Bonchev–Trinajstić information content (AvgIpc) is 3.31. The van der Waals surface area contributed by atoms with Gasteiger partial charge in [-0.25, -0.2) is 0 Å². The highest BCUT2D eigenvalue weighted by Crippen LogP contribution is 2.17. The third-order valence-electron chi connectivity index (χ3n) is 13.2. The summed E-state index contributed by atoms with van der Waals surface area (Å²) in [5.41, 5.74) is 0. The van der Waals surface area contributed by atoms with Gasteiger partial charge in [0.1, 0.15) is 13.2 Å². The van der Waals surface area contributed by atoms with Gasteiger partial charge >= 0.3 is 17.9 Å². The van der Waals surface area contributed by atoms with Crippen LogP contribution < -0.4 is 0 Å². The van der Waals surface area contributed by atoms with Gasteiger partial charge in [-0.15, -0.1) is 0 Å². The van der Waals surface area contributed by atoms with Crippen LogP contribution >= 0.6 is 0 Å². The third kappa shape index (κ3) is 52.9. The fourth-order valence-corrected chi connectivity index (χ4v) is 8.77. The van der Waals surface area contributed by atoms with Crippen molar-refractivity contribution >= 4 is 17.9 Å². The predicted octanol–water partition coefficient (Wildman–Crippen LogP) is 19.5. The van der Waals surface area contributed by atoms with E-state index in [1.54, 1.807) is 0 Å². The molecule has 6 nitrogen and oxygen atoms in total. The molecule has 0 aliphatic heterocycles. The van der Waals surface area contributed by atoms with Gasteiger partial charge in [-0.1, -0.05) is 276 Å². The summed E-state index contributed by atoms with van der Waals surface area (Å²) in [6.07, 6.45) is 64.5. The van der Waals surface area contributed by atoms with Crippen LogP contribution in [-0.4, -0.2) is 37.2 Å². The summed E-state index contributed by atoms with van der Waals surface area (Å²) in [5.74, 6) is -0.854. The van der Waals surface area contributed by atoms with Crippen molar-refractivity contribution in [1.29, 1.82) is 0 Å². The Bertz CT molecular complexity index is 1070. The van der Waals surface area contributed by atoms with Gasteiger partial charge < -0.3 is 14.2 Å². The average molecular weight is 930 g/mol. The maximum absolute atomic E-state index is 12.9. The lowest BCUT2D eigenvalue weighted by molar-refractivity contribution is -0.167. The first kappa shape index (κ1) is 63.9. The topological polar surface area (TPSA) is 78.9 Å². The number of esters is 3. The number of rotatable bonds is 54. The SMILES string of the molecule is CCCCCC/C=C\C/C=C\CCCCCCCCCC(=O)OCC(COC(=O)CCCCCCCCCCCCCCC)OC(=O)CCCCCCCCCCCCCCCCCCC. The molecule has 0 bridgehead atoms. The molecule has 66 heavy (non-hydrogen) atoms. The second-order valence-corrected chi connectivity index (χ2v) is 19.9. The summed E-state index contributed by atoms with van der Waals surface area (Å²) in [4.78, 5) is 38.1. The zero-order valence-corrected chi connectivity index (χ0v) is 44.5. The van der Waals surface area contributed by atoms with Gasteiger partial charge in [0.05, 0.1) is 0 Å². The quantitative estimate of drug-likeness (QED) is 0.0262. The molecule has 0 saturated carbocycles. The second kappa shape index (κ2) is 55.5. The molecule has 0 aliphatic carbocycles. The Labute approximate surface area is 411 Å². The van der Waals surface area contributed by atoms with Crippen LogP contribution in [0.15, 0.2) is 24.3 Å². The van der Waals surface area contributed by atoms with E-state index in [1.807, 2.05) is 0 Å². The lowest BCUT2D eigenvalue weighted by atomic mass is 10.0. The number of carbonyl (C=O) groups is 3. The highest BCUT2D eigenvalue weighted by atomic mass is 16.6. The maximum atomic E-state index is 12.9. The molecule has 1 unspecified atom stereocenters. The molecule has 1 atom stereocenters. The molecule has 0 spiro atoms. The van der Waals surface area contributed by atoms with Crippen LogP contribution in [0.25, 0.3) is 0 Å². The van der Waals surface area contributed by atoms with E-state index in [4.69, 9.17) is 14.2 Å². The summed E-state index contributed by atoms with van der Waals surface area (Å²) in [7, 11) is 0. The van der Waals surface area contributed by atoms with E-state index in [2.05, 4.69) is 45.1 Å². The molecule has 6 heteroatoms. The van der Waals surface area contributed by atoms with E-state index in [1.165, 1.54) is 212 Å². The van der Waals surface area contributed by atoms with Crippen molar-refractivity contribution in [3.05, 3.63) is 24.3 Å². The molecule has 388 valence electrons.